The highest BCUT2D eigenvalue weighted by molar-refractivity contribution is 7.98. The number of aryl methyl sites for hydroxylation is 3. The van der Waals surface area contributed by atoms with Gasteiger partial charge in [-0.15, -0.1) is 23.1 Å². The number of aromatic carboxylic acids is 1. The van der Waals surface area contributed by atoms with Gasteiger partial charge in [0.2, 0.25) is 0 Å². The van der Waals surface area contributed by atoms with Crippen LogP contribution in [0.15, 0.2) is 29.2 Å². The van der Waals surface area contributed by atoms with Crippen LogP contribution in [0.2, 0.25) is 0 Å². The average Bonchev–Trinajstić information content (AvgIpc) is 2.72. The highest BCUT2D eigenvalue weighted by atomic mass is 32.2. The van der Waals surface area contributed by atoms with E-state index in [1.54, 1.807) is 17.8 Å². The van der Waals surface area contributed by atoms with E-state index in [4.69, 9.17) is 5.11 Å². The van der Waals surface area contributed by atoms with Crippen LogP contribution in [0, 0.1) is 20.8 Å². The van der Waals surface area contributed by atoms with Crippen molar-refractivity contribution >= 4 is 29.1 Å². The molecule has 1 aromatic heterocycles. The number of carboxylic acid groups (broad SMARTS) is 1. The Labute approximate surface area is 121 Å². The minimum Gasteiger partial charge on any atom is -0.477 e. The van der Waals surface area contributed by atoms with Gasteiger partial charge in [-0.1, -0.05) is 17.7 Å². The van der Waals surface area contributed by atoms with Crippen molar-refractivity contribution in [3.8, 4) is 0 Å². The summed E-state index contributed by atoms with van der Waals surface area (Å²) in [7, 11) is 0. The lowest BCUT2D eigenvalue weighted by molar-refractivity contribution is 0.0702. The third-order valence-electron chi connectivity index (χ3n) is 2.96. The molecule has 1 N–H and O–H groups in total. The van der Waals surface area contributed by atoms with Crippen LogP contribution in [0.4, 0.5) is 0 Å². The molecule has 2 nitrogen and oxygen atoms in total. The Hall–Kier alpha value is -1.26. The molecule has 2 aromatic rings. The van der Waals surface area contributed by atoms with Crippen LogP contribution in [-0.2, 0) is 5.75 Å². The summed E-state index contributed by atoms with van der Waals surface area (Å²) in [4.78, 5) is 13.7. The van der Waals surface area contributed by atoms with Gasteiger partial charge in [0.05, 0.1) is 0 Å². The Morgan fingerprint density at radius 1 is 1.26 bits per heavy atom. The fourth-order valence-corrected chi connectivity index (χ4v) is 3.93. The minimum atomic E-state index is -0.837. The Morgan fingerprint density at radius 2 is 2.00 bits per heavy atom. The normalized spacial score (nSPS) is 10.7. The largest absolute Gasteiger partial charge is 0.477 e. The van der Waals surface area contributed by atoms with E-state index in [0.717, 1.165) is 16.2 Å². The van der Waals surface area contributed by atoms with Crippen LogP contribution in [0.3, 0.4) is 0 Å². The molecule has 2 rings (SSSR count). The quantitative estimate of drug-likeness (QED) is 0.832. The second-order valence-corrected chi connectivity index (χ2v) is 6.83. The smallest absolute Gasteiger partial charge is 0.345 e. The van der Waals surface area contributed by atoms with Gasteiger partial charge in [0, 0.05) is 15.5 Å². The lowest BCUT2D eigenvalue weighted by Gasteiger charge is -2.06. The van der Waals surface area contributed by atoms with Crippen LogP contribution in [-0.4, -0.2) is 11.1 Å². The summed E-state index contributed by atoms with van der Waals surface area (Å²) in [5, 5.41) is 8.99. The van der Waals surface area contributed by atoms with Gasteiger partial charge >= 0.3 is 5.97 Å². The predicted molar refractivity (Wildman–Crippen MR) is 81.5 cm³/mol. The van der Waals surface area contributed by atoms with Gasteiger partial charge in [-0.2, -0.15) is 0 Å². The van der Waals surface area contributed by atoms with Crippen LogP contribution in [0.25, 0.3) is 0 Å². The number of rotatable bonds is 4. The van der Waals surface area contributed by atoms with Gasteiger partial charge in [0.25, 0.3) is 0 Å². The van der Waals surface area contributed by atoms with E-state index in [0.29, 0.717) is 4.88 Å². The lowest BCUT2D eigenvalue weighted by atomic mass is 10.2. The average molecular weight is 292 g/mol. The van der Waals surface area contributed by atoms with Gasteiger partial charge in [-0.25, -0.2) is 4.79 Å². The highest BCUT2D eigenvalue weighted by Crippen LogP contribution is 2.31. The van der Waals surface area contributed by atoms with Crippen molar-refractivity contribution in [2.45, 2.75) is 31.4 Å². The van der Waals surface area contributed by atoms with E-state index in [9.17, 15) is 4.79 Å². The maximum absolute atomic E-state index is 10.9. The molecule has 0 radical (unpaired) electrons. The third kappa shape index (κ3) is 3.39. The first kappa shape index (κ1) is 14.2. The van der Waals surface area contributed by atoms with Crippen LogP contribution in [0.1, 0.15) is 31.2 Å². The van der Waals surface area contributed by atoms with Crippen molar-refractivity contribution in [1.82, 2.24) is 0 Å². The van der Waals surface area contributed by atoms with Crippen molar-refractivity contribution in [2.24, 2.45) is 0 Å². The highest BCUT2D eigenvalue weighted by Gasteiger charge is 2.11. The van der Waals surface area contributed by atoms with Gasteiger partial charge in [-0.3, -0.25) is 0 Å². The Bertz CT molecular complexity index is 615. The van der Waals surface area contributed by atoms with Crippen molar-refractivity contribution < 1.29 is 9.90 Å². The molecule has 0 saturated carbocycles. The van der Waals surface area contributed by atoms with Crippen LogP contribution >= 0.6 is 23.1 Å². The molecule has 0 aliphatic carbocycles. The number of hydrogen-bond acceptors (Lipinski definition) is 3. The second kappa shape index (κ2) is 5.80. The zero-order chi connectivity index (χ0) is 14.0. The number of thioether (sulfide) groups is 1. The molecule has 100 valence electrons. The SMILES string of the molecule is Cc1ccc(C)c(SCc2cc(C(=O)O)sc2C)c1. The summed E-state index contributed by atoms with van der Waals surface area (Å²) in [5.41, 5.74) is 3.64. The number of benzene rings is 1. The van der Waals surface area contributed by atoms with Gasteiger partial charge in [0.15, 0.2) is 0 Å². The predicted octanol–water partition coefficient (Wildman–Crippen LogP) is 4.66. The van der Waals surface area contributed by atoms with Crippen molar-refractivity contribution in [3.05, 3.63) is 50.7 Å². The van der Waals surface area contributed by atoms with E-state index in [1.165, 1.54) is 27.4 Å². The van der Waals surface area contributed by atoms with Gasteiger partial charge in [0.1, 0.15) is 4.88 Å². The summed E-state index contributed by atoms with van der Waals surface area (Å²) in [6.45, 7) is 6.17. The maximum atomic E-state index is 10.9. The molecule has 19 heavy (non-hydrogen) atoms. The fraction of sp³-hybridized carbons (Fsp3) is 0.267. The van der Waals surface area contributed by atoms with Crippen molar-refractivity contribution in [2.75, 3.05) is 0 Å². The van der Waals surface area contributed by atoms with Crippen molar-refractivity contribution in [1.29, 1.82) is 0 Å². The lowest BCUT2D eigenvalue weighted by Crippen LogP contribution is -1.90. The van der Waals surface area contributed by atoms with Crippen LogP contribution < -0.4 is 0 Å². The molecule has 0 fully saturated rings. The zero-order valence-electron chi connectivity index (χ0n) is 11.2. The summed E-state index contributed by atoms with van der Waals surface area (Å²) in [6.07, 6.45) is 0. The monoisotopic (exact) mass is 292 g/mol. The maximum Gasteiger partial charge on any atom is 0.345 e. The zero-order valence-corrected chi connectivity index (χ0v) is 12.8. The topological polar surface area (TPSA) is 37.3 Å². The number of thiophene rings is 1. The van der Waals surface area contributed by atoms with Gasteiger partial charge < -0.3 is 5.11 Å². The molecule has 0 atom stereocenters. The van der Waals surface area contributed by atoms with Crippen LogP contribution in [0.5, 0.6) is 0 Å². The third-order valence-corrected chi connectivity index (χ3v) is 5.25. The number of carboxylic acids is 1. The standard InChI is InChI=1S/C15H16O2S2/c1-9-4-5-10(2)13(6-9)18-8-12-7-14(15(16)17)19-11(12)3/h4-7H,8H2,1-3H3,(H,16,17). The summed E-state index contributed by atoms with van der Waals surface area (Å²) >= 11 is 3.12. The Kier molecular flexibility index (Phi) is 4.32. The molecule has 0 bridgehead atoms. The van der Waals surface area contributed by atoms with E-state index >= 15 is 0 Å². The first-order valence-corrected chi connectivity index (χ1v) is 7.80. The van der Waals surface area contributed by atoms with Gasteiger partial charge in [-0.05, 0) is 44.0 Å². The van der Waals surface area contributed by atoms with E-state index < -0.39 is 5.97 Å². The van der Waals surface area contributed by atoms with E-state index in [2.05, 4.69) is 32.0 Å². The molecular formula is C15H16O2S2. The Balaban J connectivity index is 2.14. The molecule has 0 saturated heterocycles. The summed E-state index contributed by atoms with van der Waals surface area (Å²) in [5.74, 6) is -0.0176. The summed E-state index contributed by atoms with van der Waals surface area (Å²) in [6, 6.07) is 8.21. The van der Waals surface area contributed by atoms with Crippen molar-refractivity contribution in [3.63, 3.8) is 0 Å². The molecule has 0 aliphatic heterocycles. The molecule has 1 heterocycles. The first-order chi connectivity index (χ1) is 8.97. The molecule has 1 aromatic carbocycles. The molecule has 0 amide bonds. The molecule has 0 unspecified atom stereocenters. The number of carbonyl (C=O) groups is 1. The second-order valence-electron chi connectivity index (χ2n) is 4.55. The molecule has 0 aliphatic rings. The molecule has 4 heteroatoms. The minimum absolute atomic E-state index is 0.425. The number of hydrogen-bond donors (Lipinski definition) is 1. The van der Waals surface area contributed by atoms with E-state index in [1.807, 2.05) is 6.92 Å². The van der Waals surface area contributed by atoms with E-state index in [-0.39, 0.29) is 0 Å². The molecular weight excluding hydrogens is 276 g/mol. The molecule has 0 spiro atoms. The first-order valence-electron chi connectivity index (χ1n) is 6.00. The fourth-order valence-electron chi connectivity index (χ4n) is 1.79. The summed E-state index contributed by atoms with van der Waals surface area (Å²) < 4.78 is 0. The Morgan fingerprint density at radius 3 is 2.63 bits per heavy atom.